The largest absolute Gasteiger partial charge is 0.444 e. The second-order valence-corrected chi connectivity index (χ2v) is 9.01. The van der Waals surface area contributed by atoms with Gasteiger partial charge in [0.2, 0.25) is 0 Å². The van der Waals surface area contributed by atoms with Gasteiger partial charge >= 0.3 is 6.09 Å². The van der Waals surface area contributed by atoms with Gasteiger partial charge in [0.25, 0.3) is 0 Å². The number of likely N-dealkylation sites (tertiary alicyclic amines) is 1. The number of hydrogen-bond donors (Lipinski definition) is 1. The Bertz CT molecular complexity index is 375. The van der Waals surface area contributed by atoms with Crippen molar-refractivity contribution in [1.29, 1.82) is 0 Å². The number of nitrogens with one attached hydrogen (secondary N) is 1. The van der Waals surface area contributed by atoms with Gasteiger partial charge in [-0.2, -0.15) is 11.8 Å². The fourth-order valence-electron chi connectivity index (χ4n) is 3.40. The summed E-state index contributed by atoms with van der Waals surface area (Å²) in [6.45, 7) is 8.41. The molecule has 1 N–H and O–H groups in total. The second kappa shape index (κ2) is 7.43. The molecule has 5 heteroatoms. The molecule has 1 saturated heterocycles. The molecule has 1 saturated carbocycles. The first-order valence-electron chi connectivity index (χ1n) is 8.60. The topological polar surface area (TPSA) is 41.6 Å². The Hall–Kier alpha value is -0.420. The Kier molecular flexibility index (Phi) is 6.06. The summed E-state index contributed by atoms with van der Waals surface area (Å²) in [6, 6.07) is 0.415. The lowest BCUT2D eigenvalue weighted by Crippen LogP contribution is -2.45. The Labute approximate surface area is 139 Å². The molecule has 0 aromatic heterocycles. The molecule has 1 amide bonds. The van der Waals surface area contributed by atoms with Crippen LogP contribution in [0.1, 0.15) is 59.3 Å². The van der Waals surface area contributed by atoms with Crippen LogP contribution in [0.3, 0.4) is 0 Å². The van der Waals surface area contributed by atoms with Crippen molar-refractivity contribution in [2.45, 2.75) is 75.7 Å². The summed E-state index contributed by atoms with van der Waals surface area (Å²) in [5, 5.41) is 3.72. The maximum atomic E-state index is 12.1. The van der Waals surface area contributed by atoms with Gasteiger partial charge in [-0.1, -0.05) is 19.3 Å². The van der Waals surface area contributed by atoms with Crippen LogP contribution in [0.4, 0.5) is 4.79 Å². The number of amides is 1. The molecule has 128 valence electrons. The predicted octanol–water partition coefficient (Wildman–Crippen LogP) is 3.65. The normalized spacial score (nSPS) is 25.3. The van der Waals surface area contributed by atoms with E-state index in [1.54, 1.807) is 0 Å². The summed E-state index contributed by atoms with van der Waals surface area (Å²) in [5.41, 5.74) is -0.409. The number of rotatable bonds is 4. The molecule has 0 radical (unpaired) electrons. The zero-order valence-electron chi connectivity index (χ0n) is 14.6. The fraction of sp³-hybridized carbons (Fsp3) is 0.941. The van der Waals surface area contributed by atoms with Crippen molar-refractivity contribution in [1.82, 2.24) is 10.2 Å². The molecule has 2 aliphatic rings. The van der Waals surface area contributed by atoms with Crippen molar-refractivity contribution >= 4 is 17.9 Å². The highest BCUT2D eigenvalue weighted by atomic mass is 32.2. The lowest BCUT2D eigenvalue weighted by molar-refractivity contribution is 0.0291. The molecule has 1 unspecified atom stereocenters. The third-order valence-corrected chi connectivity index (χ3v) is 6.17. The molecule has 1 atom stereocenters. The van der Waals surface area contributed by atoms with Crippen LogP contribution in [0.5, 0.6) is 0 Å². The maximum Gasteiger partial charge on any atom is 0.410 e. The molecule has 2 fully saturated rings. The molecule has 0 bridgehead atoms. The highest BCUT2D eigenvalue weighted by molar-refractivity contribution is 8.00. The monoisotopic (exact) mass is 328 g/mol. The second-order valence-electron chi connectivity index (χ2n) is 7.74. The fourth-order valence-corrected chi connectivity index (χ4v) is 4.32. The van der Waals surface area contributed by atoms with E-state index in [-0.39, 0.29) is 6.09 Å². The minimum Gasteiger partial charge on any atom is -0.444 e. The van der Waals surface area contributed by atoms with E-state index in [0.717, 1.165) is 26.1 Å². The van der Waals surface area contributed by atoms with Gasteiger partial charge in [-0.05, 0) is 46.3 Å². The first kappa shape index (κ1) is 17.9. The van der Waals surface area contributed by atoms with Gasteiger partial charge in [0, 0.05) is 30.4 Å². The zero-order chi connectivity index (χ0) is 16.2. The van der Waals surface area contributed by atoms with Crippen molar-refractivity contribution in [3.8, 4) is 0 Å². The Morgan fingerprint density at radius 2 is 2.00 bits per heavy atom. The van der Waals surface area contributed by atoms with E-state index < -0.39 is 5.60 Å². The van der Waals surface area contributed by atoms with E-state index in [2.05, 4.69) is 11.6 Å². The molecule has 4 nitrogen and oxygen atoms in total. The summed E-state index contributed by atoms with van der Waals surface area (Å²) in [4.78, 5) is 13.9. The number of carbonyl (C=O) groups excluding carboxylic acids is 1. The summed E-state index contributed by atoms with van der Waals surface area (Å²) in [5.74, 6) is 0. The molecule has 0 spiro atoms. The van der Waals surface area contributed by atoms with Gasteiger partial charge in [-0.25, -0.2) is 4.79 Å². The van der Waals surface area contributed by atoms with E-state index in [0.29, 0.717) is 10.8 Å². The van der Waals surface area contributed by atoms with Gasteiger partial charge in [-0.15, -0.1) is 0 Å². The zero-order valence-corrected chi connectivity index (χ0v) is 15.4. The number of ether oxygens (including phenoxy) is 1. The summed E-state index contributed by atoms with van der Waals surface area (Å²) < 4.78 is 5.87. The predicted molar refractivity (Wildman–Crippen MR) is 93.5 cm³/mol. The van der Waals surface area contributed by atoms with Gasteiger partial charge in [0.15, 0.2) is 0 Å². The molecule has 2 rings (SSSR count). The van der Waals surface area contributed by atoms with Crippen LogP contribution < -0.4 is 5.32 Å². The Morgan fingerprint density at radius 3 is 2.59 bits per heavy atom. The minimum absolute atomic E-state index is 0.172. The maximum absolute atomic E-state index is 12.1. The van der Waals surface area contributed by atoms with Gasteiger partial charge < -0.3 is 15.0 Å². The van der Waals surface area contributed by atoms with Crippen LogP contribution in [-0.4, -0.2) is 53.3 Å². The Morgan fingerprint density at radius 1 is 1.32 bits per heavy atom. The number of hydrogen-bond acceptors (Lipinski definition) is 4. The van der Waals surface area contributed by atoms with Crippen LogP contribution in [-0.2, 0) is 4.74 Å². The van der Waals surface area contributed by atoms with Crippen LogP contribution >= 0.6 is 11.8 Å². The number of carbonyl (C=O) groups is 1. The van der Waals surface area contributed by atoms with E-state index in [1.165, 1.54) is 32.1 Å². The number of nitrogens with zero attached hydrogens (tertiary/aromatic N) is 1. The first-order chi connectivity index (χ1) is 10.3. The van der Waals surface area contributed by atoms with E-state index >= 15 is 0 Å². The van der Waals surface area contributed by atoms with Crippen molar-refractivity contribution in [2.24, 2.45) is 0 Å². The minimum atomic E-state index is -0.409. The number of thioether (sulfide) groups is 1. The lowest BCUT2D eigenvalue weighted by Gasteiger charge is -2.37. The van der Waals surface area contributed by atoms with E-state index in [9.17, 15) is 4.79 Å². The molecule has 1 heterocycles. The highest BCUT2D eigenvalue weighted by Gasteiger charge is 2.34. The average molecular weight is 329 g/mol. The third-order valence-electron chi connectivity index (χ3n) is 4.75. The van der Waals surface area contributed by atoms with Crippen molar-refractivity contribution in [3.63, 3.8) is 0 Å². The molecular formula is C17H32N2O2S. The average Bonchev–Trinajstić information content (AvgIpc) is 2.93. The first-order valence-corrected chi connectivity index (χ1v) is 9.82. The summed E-state index contributed by atoms with van der Waals surface area (Å²) in [7, 11) is 0. The molecule has 1 aliphatic carbocycles. The van der Waals surface area contributed by atoms with Crippen molar-refractivity contribution in [2.75, 3.05) is 25.9 Å². The molecule has 1 aliphatic heterocycles. The summed E-state index contributed by atoms with van der Waals surface area (Å²) >= 11 is 2.02. The SMILES string of the molecule is CSC1(CNC2CCN(C(=O)OC(C)(C)C)C2)CCCCC1. The van der Waals surface area contributed by atoms with Gasteiger partial charge in [0.1, 0.15) is 5.60 Å². The van der Waals surface area contributed by atoms with Crippen LogP contribution in [0.25, 0.3) is 0 Å². The quantitative estimate of drug-likeness (QED) is 0.855. The standard InChI is InChI=1S/C17H32N2O2S/c1-16(2,3)21-15(20)19-11-8-14(12-19)18-13-17(22-4)9-6-5-7-10-17/h14,18H,5-13H2,1-4H3. The van der Waals surface area contributed by atoms with E-state index in [4.69, 9.17) is 4.74 Å². The smallest absolute Gasteiger partial charge is 0.410 e. The Balaban J connectivity index is 1.77. The lowest BCUT2D eigenvalue weighted by atomic mass is 9.88. The molecule has 0 aromatic carbocycles. The van der Waals surface area contributed by atoms with Crippen LogP contribution in [0, 0.1) is 0 Å². The molecule has 22 heavy (non-hydrogen) atoms. The van der Waals surface area contributed by atoms with Crippen LogP contribution in [0.2, 0.25) is 0 Å². The third kappa shape index (κ3) is 5.05. The van der Waals surface area contributed by atoms with Gasteiger partial charge in [0.05, 0.1) is 0 Å². The van der Waals surface area contributed by atoms with Crippen molar-refractivity contribution in [3.05, 3.63) is 0 Å². The van der Waals surface area contributed by atoms with Crippen molar-refractivity contribution < 1.29 is 9.53 Å². The summed E-state index contributed by atoms with van der Waals surface area (Å²) in [6.07, 6.45) is 9.85. The molecular weight excluding hydrogens is 296 g/mol. The van der Waals surface area contributed by atoms with E-state index in [1.807, 2.05) is 37.4 Å². The van der Waals surface area contributed by atoms with Gasteiger partial charge in [-0.3, -0.25) is 0 Å². The highest BCUT2D eigenvalue weighted by Crippen LogP contribution is 2.38. The molecule has 0 aromatic rings. The van der Waals surface area contributed by atoms with Crippen LogP contribution in [0.15, 0.2) is 0 Å².